The molecule has 2 unspecified atom stereocenters. The van der Waals surface area contributed by atoms with Crippen molar-refractivity contribution in [3.63, 3.8) is 0 Å². The Morgan fingerprint density at radius 2 is 2.04 bits per heavy atom. The fourth-order valence-corrected chi connectivity index (χ4v) is 6.45. The molecule has 2 heteroatoms. The second-order valence-electron chi connectivity index (χ2n) is 7.30. The van der Waals surface area contributed by atoms with Crippen LogP contribution in [0.1, 0.15) is 74.0 Å². The van der Waals surface area contributed by atoms with Gasteiger partial charge in [-0.1, -0.05) is 66.1 Å². The summed E-state index contributed by atoms with van der Waals surface area (Å²) >= 11 is 0. The first-order valence-corrected chi connectivity index (χ1v) is 11.4. The first-order chi connectivity index (χ1) is 11.4. The molecule has 0 N–H and O–H groups in total. The second kappa shape index (κ2) is 9.20. The van der Waals surface area contributed by atoms with E-state index in [0.717, 1.165) is 19.3 Å². The SMILES string of the molecule is C=C(C)CCc1ccc(C2SSC(=C)CC2C)c(CCCC)c1C. The van der Waals surface area contributed by atoms with Crippen LogP contribution in [-0.4, -0.2) is 0 Å². The average molecular weight is 361 g/mol. The standard InChI is InChI=1S/C22H32S2/c1-7-8-9-20-18(6)19(11-10-15(2)3)12-13-21(20)22-16(4)14-17(5)23-24-22/h12-13,16,22H,2,5,7-11,14H2,1,3-4,6H3. The first-order valence-electron chi connectivity index (χ1n) is 9.20. The highest BCUT2D eigenvalue weighted by Gasteiger charge is 2.28. The molecular formula is C22H32S2. The van der Waals surface area contributed by atoms with Crippen molar-refractivity contribution in [2.45, 2.75) is 71.5 Å². The summed E-state index contributed by atoms with van der Waals surface area (Å²) in [6.45, 7) is 17.4. The number of unbranched alkanes of at least 4 members (excludes halogenated alkanes) is 1. The zero-order valence-electron chi connectivity index (χ0n) is 15.8. The van der Waals surface area contributed by atoms with E-state index in [1.165, 1.54) is 40.9 Å². The van der Waals surface area contributed by atoms with Gasteiger partial charge in [-0.2, -0.15) is 0 Å². The molecule has 1 aliphatic heterocycles. The van der Waals surface area contributed by atoms with Crippen LogP contribution in [0.15, 0.2) is 35.8 Å². The molecule has 0 nitrogen and oxygen atoms in total. The Bertz CT molecular complexity index is 600. The van der Waals surface area contributed by atoms with E-state index in [2.05, 4.69) is 53.0 Å². The lowest BCUT2D eigenvalue weighted by Crippen LogP contribution is -2.13. The van der Waals surface area contributed by atoms with E-state index in [1.54, 1.807) is 11.1 Å². The van der Waals surface area contributed by atoms with Gasteiger partial charge in [0.2, 0.25) is 0 Å². The van der Waals surface area contributed by atoms with Gasteiger partial charge < -0.3 is 0 Å². The van der Waals surface area contributed by atoms with Gasteiger partial charge in [0.25, 0.3) is 0 Å². The molecule has 132 valence electrons. The van der Waals surface area contributed by atoms with Gasteiger partial charge in [0.15, 0.2) is 0 Å². The highest BCUT2D eigenvalue weighted by atomic mass is 33.1. The summed E-state index contributed by atoms with van der Waals surface area (Å²) in [6.07, 6.45) is 7.12. The molecule has 1 fully saturated rings. The number of hydrogen-bond donors (Lipinski definition) is 0. The molecule has 0 radical (unpaired) electrons. The van der Waals surface area contributed by atoms with E-state index in [-0.39, 0.29) is 0 Å². The van der Waals surface area contributed by atoms with Crippen molar-refractivity contribution in [3.8, 4) is 0 Å². The summed E-state index contributed by atoms with van der Waals surface area (Å²) in [6, 6.07) is 4.80. The maximum absolute atomic E-state index is 4.17. The Kier molecular flexibility index (Phi) is 7.56. The lowest BCUT2D eigenvalue weighted by molar-refractivity contribution is 0.568. The summed E-state index contributed by atoms with van der Waals surface area (Å²) in [4.78, 5) is 1.33. The Labute approximate surface area is 157 Å². The maximum atomic E-state index is 4.17. The molecule has 1 aromatic rings. The molecule has 2 atom stereocenters. The molecule has 1 aliphatic rings. The quantitative estimate of drug-likeness (QED) is 0.359. The topological polar surface area (TPSA) is 0 Å². The van der Waals surface area contributed by atoms with Gasteiger partial charge in [-0.05, 0) is 79.0 Å². The van der Waals surface area contributed by atoms with Gasteiger partial charge in [0, 0.05) is 5.25 Å². The van der Waals surface area contributed by atoms with E-state index in [9.17, 15) is 0 Å². The normalized spacial score (nSPS) is 21.1. The van der Waals surface area contributed by atoms with Gasteiger partial charge in [-0.3, -0.25) is 0 Å². The predicted molar refractivity (Wildman–Crippen MR) is 114 cm³/mol. The van der Waals surface area contributed by atoms with Crippen molar-refractivity contribution in [2.24, 2.45) is 5.92 Å². The molecule has 0 aromatic heterocycles. The fraction of sp³-hybridized carbons (Fsp3) is 0.545. The van der Waals surface area contributed by atoms with Crippen molar-refractivity contribution in [2.75, 3.05) is 0 Å². The number of benzene rings is 1. The molecule has 0 bridgehead atoms. The van der Waals surface area contributed by atoms with Crippen LogP contribution in [0.3, 0.4) is 0 Å². The summed E-state index contributed by atoms with van der Waals surface area (Å²) in [5.41, 5.74) is 7.52. The summed E-state index contributed by atoms with van der Waals surface area (Å²) < 4.78 is 0. The monoisotopic (exact) mass is 360 g/mol. The van der Waals surface area contributed by atoms with Crippen LogP contribution in [0.25, 0.3) is 0 Å². The number of rotatable bonds is 7. The lowest BCUT2D eigenvalue weighted by atomic mass is 9.86. The third-order valence-corrected chi connectivity index (χ3v) is 8.03. The average Bonchev–Trinajstić information content (AvgIpc) is 2.52. The fourth-order valence-electron chi connectivity index (χ4n) is 3.47. The minimum atomic E-state index is 0.598. The van der Waals surface area contributed by atoms with Crippen LogP contribution in [0.5, 0.6) is 0 Å². The molecular weight excluding hydrogens is 328 g/mol. The van der Waals surface area contributed by atoms with Crippen molar-refractivity contribution >= 4 is 21.6 Å². The molecule has 0 amide bonds. The molecule has 0 saturated carbocycles. The number of aryl methyl sites for hydroxylation is 1. The zero-order valence-corrected chi connectivity index (χ0v) is 17.4. The highest BCUT2D eigenvalue weighted by Crippen LogP contribution is 2.54. The Balaban J connectivity index is 2.33. The van der Waals surface area contributed by atoms with Gasteiger partial charge in [0.1, 0.15) is 0 Å². The molecule has 1 aromatic carbocycles. The van der Waals surface area contributed by atoms with E-state index in [4.69, 9.17) is 0 Å². The van der Waals surface area contributed by atoms with Crippen LogP contribution in [-0.2, 0) is 12.8 Å². The molecule has 1 heterocycles. The number of hydrogen-bond acceptors (Lipinski definition) is 2. The summed E-state index contributed by atoms with van der Waals surface area (Å²) in [5.74, 6) is 0.671. The molecule has 1 saturated heterocycles. The Hall–Kier alpha value is -0.600. The van der Waals surface area contributed by atoms with E-state index >= 15 is 0 Å². The van der Waals surface area contributed by atoms with Crippen molar-refractivity contribution < 1.29 is 0 Å². The van der Waals surface area contributed by atoms with E-state index < -0.39 is 0 Å². The molecule has 0 spiro atoms. The van der Waals surface area contributed by atoms with Crippen LogP contribution >= 0.6 is 21.6 Å². The van der Waals surface area contributed by atoms with Crippen LogP contribution in [0, 0.1) is 12.8 Å². The van der Waals surface area contributed by atoms with Crippen molar-refractivity contribution in [1.82, 2.24) is 0 Å². The Morgan fingerprint density at radius 3 is 2.67 bits per heavy atom. The summed E-state index contributed by atoms with van der Waals surface area (Å²) in [5, 5.41) is 0.598. The first kappa shape index (κ1) is 19.7. The molecule has 2 rings (SSSR count). The summed E-state index contributed by atoms with van der Waals surface area (Å²) in [7, 11) is 3.91. The third-order valence-electron chi connectivity index (χ3n) is 4.99. The van der Waals surface area contributed by atoms with Crippen molar-refractivity contribution in [1.29, 1.82) is 0 Å². The molecule has 24 heavy (non-hydrogen) atoms. The van der Waals surface area contributed by atoms with E-state index in [1.807, 2.05) is 21.6 Å². The van der Waals surface area contributed by atoms with Crippen molar-refractivity contribution in [3.05, 3.63) is 58.0 Å². The van der Waals surface area contributed by atoms with Gasteiger partial charge >= 0.3 is 0 Å². The third kappa shape index (κ3) is 4.95. The maximum Gasteiger partial charge on any atom is 0.0436 e. The second-order valence-corrected chi connectivity index (χ2v) is 9.82. The minimum Gasteiger partial charge on any atom is -0.100 e. The highest BCUT2D eigenvalue weighted by molar-refractivity contribution is 8.78. The Morgan fingerprint density at radius 1 is 1.29 bits per heavy atom. The lowest BCUT2D eigenvalue weighted by Gasteiger charge is -2.31. The zero-order chi connectivity index (χ0) is 17.7. The van der Waals surface area contributed by atoms with Crippen LogP contribution in [0.4, 0.5) is 0 Å². The molecule has 0 aliphatic carbocycles. The van der Waals surface area contributed by atoms with Crippen LogP contribution < -0.4 is 0 Å². The van der Waals surface area contributed by atoms with Gasteiger partial charge in [0.05, 0.1) is 0 Å². The predicted octanol–water partition coefficient (Wildman–Crippen LogP) is 7.82. The van der Waals surface area contributed by atoms with Crippen LogP contribution in [0.2, 0.25) is 0 Å². The van der Waals surface area contributed by atoms with Gasteiger partial charge in [-0.15, -0.1) is 6.58 Å². The van der Waals surface area contributed by atoms with E-state index in [0.29, 0.717) is 11.2 Å². The van der Waals surface area contributed by atoms with Gasteiger partial charge in [-0.25, -0.2) is 0 Å². The minimum absolute atomic E-state index is 0.598. The smallest absolute Gasteiger partial charge is 0.0436 e. The largest absolute Gasteiger partial charge is 0.100 e. The number of allylic oxidation sites excluding steroid dienone is 2.